The lowest BCUT2D eigenvalue weighted by atomic mass is 9.75. The molecule has 0 aromatic carbocycles. The number of carbonyl (C=O) groups is 2. The van der Waals surface area contributed by atoms with Gasteiger partial charge in [0.2, 0.25) is 5.91 Å². The summed E-state index contributed by atoms with van der Waals surface area (Å²) in [5, 5.41) is 9.06. The molecule has 3 N–H and O–H groups in total. The van der Waals surface area contributed by atoms with Crippen LogP contribution in [0.4, 0.5) is 0 Å². The maximum absolute atomic E-state index is 12.1. The van der Waals surface area contributed by atoms with Crippen LogP contribution in [0.5, 0.6) is 0 Å². The first-order valence-electron chi connectivity index (χ1n) is 6.28. The molecule has 1 heterocycles. The number of carboxylic acid groups (broad SMARTS) is 1. The van der Waals surface area contributed by atoms with Crippen molar-refractivity contribution < 1.29 is 19.4 Å². The second-order valence-corrected chi connectivity index (χ2v) is 5.45. The highest BCUT2D eigenvalue weighted by atomic mass is 16.5. The zero-order valence-corrected chi connectivity index (χ0v) is 10.6. The Balaban J connectivity index is 1.95. The number of nitrogens with zero attached hydrogens (tertiary/aromatic N) is 1. The van der Waals surface area contributed by atoms with E-state index in [1.165, 1.54) is 4.90 Å². The number of rotatable bonds is 4. The van der Waals surface area contributed by atoms with E-state index in [0.29, 0.717) is 6.42 Å². The van der Waals surface area contributed by atoms with E-state index < -0.39 is 11.9 Å². The highest BCUT2D eigenvalue weighted by Crippen LogP contribution is 2.33. The normalized spacial score (nSPS) is 29.7. The summed E-state index contributed by atoms with van der Waals surface area (Å²) in [4.78, 5) is 24.7. The molecule has 1 aliphatic heterocycles. The minimum Gasteiger partial charge on any atom is -0.481 e. The first-order chi connectivity index (χ1) is 8.43. The Bertz CT molecular complexity index is 354. The molecule has 2 unspecified atom stereocenters. The molecular formula is C12H20N2O4. The van der Waals surface area contributed by atoms with Crippen LogP contribution in [0.1, 0.15) is 25.7 Å². The number of carboxylic acids is 1. The molecule has 1 aliphatic carbocycles. The van der Waals surface area contributed by atoms with Crippen molar-refractivity contribution in [2.24, 2.45) is 11.7 Å². The second kappa shape index (κ2) is 4.85. The van der Waals surface area contributed by atoms with Gasteiger partial charge in [0.15, 0.2) is 0 Å². The van der Waals surface area contributed by atoms with Crippen LogP contribution in [-0.4, -0.2) is 53.7 Å². The summed E-state index contributed by atoms with van der Waals surface area (Å²) >= 11 is 0. The van der Waals surface area contributed by atoms with Crippen LogP contribution >= 0.6 is 0 Å². The summed E-state index contributed by atoms with van der Waals surface area (Å²) in [5.74, 6) is -1.63. The lowest BCUT2D eigenvalue weighted by Crippen LogP contribution is -2.52. The van der Waals surface area contributed by atoms with Gasteiger partial charge in [-0.15, -0.1) is 0 Å². The molecule has 2 atom stereocenters. The molecule has 1 saturated heterocycles. The molecule has 6 nitrogen and oxygen atoms in total. The van der Waals surface area contributed by atoms with Crippen molar-refractivity contribution in [1.82, 2.24) is 4.90 Å². The Kier molecular flexibility index (Phi) is 3.59. The number of hydrogen-bond donors (Lipinski definition) is 2. The van der Waals surface area contributed by atoms with Crippen molar-refractivity contribution in [2.45, 2.75) is 37.3 Å². The number of nitrogens with two attached hydrogens (primary N) is 1. The number of hydrogen-bond acceptors (Lipinski definition) is 4. The maximum atomic E-state index is 12.1. The smallest absolute Gasteiger partial charge is 0.311 e. The third kappa shape index (κ3) is 2.49. The van der Waals surface area contributed by atoms with Gasteiger partial charge in [0.1, 0.15) is 5.92 Å². The molecule has 1 saturated carbocycles. The van der Waals surface area contributed by atoms with Gasteiger partial charge in [-0.05, 0) is 19.3 Å². The van der Waals surface area contributed by atoms with E-state index in [0.717, 1.165) is 19.3 Å². The zero-order valence-electron chi connectivity index (χ0n) is 10.6. The summed E-state index contributed by atoms with van der Waals surface area (Å²) in [5.41, 5.74) is 5.67. The van der Waals surface area contributed by atoms with E-state index in [-0.39, 0.29) is 30.7 Å². The molecule has 2 rings (SSSR count). The van der Waals surface area contributed by atoms with E-state index in [4.69, 9.17) is 15.6 Å². The van der Waals surface area contributed by atoms with E-state index in [9.17, 15) is 9.59 Å². The fourth-order valence-corrected chi connectivity index (χ4v) is 2.58. The van der Waals surface area contributed by atoms with Crippen molar-refractivity contribution in [3.05, 3.63) is 0 Å². The fourth-order valence-electron chi connectivity index (χ4n) is 2.58. The summed E-state index contributed by atoms with van der Waals surface area (Å²) in [6.45, 7) is 0.460. The van der Waals surface area contributed by atoms with Crippen LogP contribution in [0.2, 0.25) is 0 Å². The molecule has 0 aromatic heterocycles. The van der Waals surface area contributed by atoms with Gasteiger partial charge in [-0.3, -0.25) is 9.59 Å². The minimum atomic E-state index is -0.914. The number of amides is 1. The van der Waals surface area contributed by atoms with E-state index >= 15 is 0 Å². The minimum absolute atomic E-state index is 0.0843. The predicted octanol–water partition coefficient (Wildman–Crippen LogP) is -0.184. The lowest BCUT2D eigenvalue weighted by molar-refractivity contribution is -0.144. The molecular weight excluding hydrogens is 236 g/mol. The molecule has 0 bridgehead atoms. The van der Waals surface area contributed by atoms with Gasteiger partial charge in [0, 0.05) is 19.0 Å². The Morgan fingerprint density at radius 1 is 1.44 bits per heavy atom. The van der Waals surface area contributed by atoms with Gasteiger partial charge >= 0.3 is 5.97 Å². The molecule has 2 aliphatic rings. The highest BCUT2D eigenvalue weighted by molar-refractivity contribution is 5.79. The van der Waals surface area contributed by atoms with Gasteiger partial charge in [-0.2, -0.15) is 0 Å². The van der Waals surface area contributed by atoms with E-state index in [1.807, 2.05) is 0 Å². The van der Waals surface area contributed by atoms with Gasteiger partial charge in [0.05, 0.1) is 19.3 Å². The van der Waals surface area contributed by atoms with Gasteiger partial charge in [-0.25, -0.2) is 0 Å². The lowest BCUT2D eigenvalue weighted by Gasteiger charge is -2.39. The molecule has 0 radical (unpaired) electrons. The van der Waals surface area contributed by atoms with Gasteiger partial charge in [0.25, 0.3) is 0 Å². The third-order valence-electron chi connectivity index (χ3n) is 4.11. The molecule has 0 aromatic rings. The zero-order chi connectivity index (χ0) is 13.3. The number of aliphatic carboxylic acids is 1. The standard InChI is InChI=1S/C12H20N2O4/c1-14(9-7-18-6-8(9)11(16)17)10(15)5-12(13)3-2-4-12/h8-9H,2-7,13H2,1H3,(H,16,17). The largest absolute Gasteiger partial charge is 0.481 e. The van der Waals surface area contributed by atoms with Crippen LogP contribution in [-0.2, 0) is 14.3 Å². The Hall–Kier alpha value is -1.14. The highest BCUT2D eigenvalue weighted by Gasteiger charge is 2.41. The topological polar surface area (TPSA) is 92.9 Å². The SMILES string of the molecule is CN(C(=O)CC1(N)CCC1)C1COCC1C(=O)O. The van der Waals surface area contributed by atoms with E-state index in [2.05, 4.69) is 0 Å². The number of carbonyl (C=O) groups excluding carboxylic acids is 1. The fraction of sp³-hybridized carbons (Fsp3) is 0.833. The Labute approximate surface area is 106 Å². The summed E-state index contributed by atoms with van der Waals surface area (Å²) < 4.78 is 5.17. The van der Waals surface area contributed by atoms with Crippen molar-refractivity contribution >= 4 is 11.9 Å². The van der Waals surface area contributed by atoms with Crippen LogP contribution in [0.25, 0.3) is 0 Å². The van der Waals surface area contributed by atoms with Crippen molar-refractivity contribution in [3.8, 4) is 0 Å². The summed E-state index contributed by atoms with van der Waals surface area (Å²) in [7, 11) is 1.64. The monoisotopic (exact) mass is 256 g/mol. The molecule has 18 heavy (non-hydrogen) atoms. The quantitative estimate of drug-likeness (QED) is 0.727. The average molecular weight is 256 g/mol. The average Bonchev–Trinajstić information content (AvgIpc) is 2.74. The maximum Gasteiger partial charge on any atom is 0.311 e. The summed E-state index contributed by atoms with van der Waals surface area (Å²) in [6.07, 6.45) is 3.11. The van der Waals surface area contributed by atoms with Crippen LogP contribution in [0.3, 0.4) is 0 Å². The van der Waals surface area contributed by atoms with Gasteiger partial charge in [-0.1, -0.05) is 0 Å². The molecule has 6 heteroatoms. The molecule has 2 fully saturated rings. The molecule has 102 valence electrons. The number of ether oxygens (including phenoxy) is 1. The Morgan fingerprint density at radius 2 is 2.11 bits per heavy atom. The van der Waals surface area contributed by atoms with Crippen LogP contribution < -0.4 is 5.73 Å². The molecule has 1 amide bonds. The van der Waals surface area contributed by atoms with Crippen LogP contribution in [0, 0.1) is 5.92 Å². The Morgan fingerprint density at radius 3 is 2.61 bits per heavy atom. The van der Waals surface area contributed by atoms with Crippen molar-refractivity contribution in [1.29, 1.82) is 0 Å². The third-order valence-corrected chi connectivity index (χ3v) is 4.11. The van der Waals surface area contributed by atoms with Crippen molar-refractivity contribution in [3.63, 3.8) is 0 Å². The van der Waals surface area contributed by atoms with Crippen molar-refractivity contribution in [2.75, 3.05) is 20.3 Å². The second-order valence-electron chi connectivity index (χ2n) is 5.45. The number of likely N-dealkylation sites (N-methyl/N-ethyl adjacent to an activating group) is 1. The first-order valence-corrected chi connectivity index (χ1v) is 6.28. The predicted molar refractivity (Wildman–Crippen MR) is 63.9 cm³/mol. The van der Waals surface area contributed by atoms with E-state index in [1.54, 1.807) is 7.05 Å². The summed E-state index contributed by atoms with van der Waals surface area (Å²) in [6, 6.07) is -0.376. The first kappa shape index (κ1) is 13.3. The molecule has 0 spiro atoms. The van der Waals surface area contributed by atoms with Gasteiger partial charge < -0.3 is 20.5 Å². The van der Waals surface area contributed by atoms with Crippen LogP contribution in [0.15, 0.2) is 0 Å².